The van der Waals surface area contributed by atoms with Crippen LogP contribution in [0.4, 0.5) is 0 Å². The van der Waals surface area contributed by atoms with Crippen LogP contribution in [0, 0.1) is 11.3 Å². The molecule has 2 fully saturated rings. The number of benzene rings is 1. The van der Waals surface area contributed by atoms with E-state index in [0.717, 1.165) is 13.1 Å². The minimum atomic E-state index is 0.144. The van der Waals surface area contributed by atoms with Gasteiger partial charge in [-0.1, -0.05) is 44.2 Å². The molecule has 3 rings (SSSR count). The number of carbonyl (C=O) groups is 1. The van der Waals surface area contributed by atoms with E-state index in [1.54, 1.807) is 0 Å². The number of carbonyl (C=O) groups excluding carboxylic acids is 1. The van der Waals surface area contributed by atoms with Crippen molar-refractivity contribution in [3.63, 3.8) is 0 Å². The molecule has 0 saturated carbocycles. The lowest BCUT2D eigenvalue weighted by atomic mass is 9.71. The quantitative estimate of drug-likeness (QED) is 0.833. The van der Waals surface area contributed by atoms with Gasteiger partial charge < -0.3 is 9.80 Å². The van der Waals surface area contributed by atoms with Crippen molar-refractivity contribution in [3.8, 4) is 0 Å². The summed E-state index contributed by atoms with van der Waals surface area (Å²) in [5.41, 5.74) is 1.89. The summed E-state index contributed by atoms with van der Waals surface area (Å²) in [6.07, 6.45) is 4.95. The van der Waals surface area contributed by atoms with Gasteiger partial charge in [-0.2, -0.15) is 0 Å². The lowest BCUT2D eigenvalue weighted by Gasteiger charge is -2.54. The third kappa shape index (κ3) is 3.95. The van der Waals surface area contributed by atoms with Gasteiger partial charge >= 0.3 is 0 Å². The second-order valence-electron chi connectivity index (χ2n) is 7.78. The van der Waals surface area contributed by atoms with E-state index in [-0.39, 0.29) is 5.92 Å². The zero-order valence-electron chi connectivity index (χ0n) is 14.6. The lowest BCUT2D eigenvalue weighted by Crippen LogP contribution is -2.62. The Kier molecular flexibility index (Phi) is 5.05. The summed E-state index contributed by atoms with van der Waals surface area (Å²) >= 11 is 0. The van der Waals surface area contributed by atoms with Crippen molar-refractivity contribution in [3.05, 3.63) is 35.9 Å². The first-order valence-corrected chi connectivity index (χ1v) is 9.13. The number of rotatable bonds is 5. The van der Waals surface area contributed by atoms with Crippen molar-refractivity contribution in [2.45, 2.75) is 39.5 Å². The van der Waals surface area contributed by atoms with E-state index in [1.807, 2.05) is 13.8 Å². The SMILES string of the molecule is CC(C)C(=O)N1CC2(CCN(CCCc3ccccc3)CC2)C1. The van der Waals surface area contributed by atoms with Crippen LogP contribution in [-0.2, 0) is 11.2 Å². The second kappa shape index (κ2) is 7.04. The first-order chi connectivity index (χ1) is 11.1. The average molecular weight is 314 g/mol. The van der Waals surface area contributed by atoms with Gasteiger partial charge in [-0.05, 0) is 50.9 Å². The molecule has 1 spiro atoms. The largest absolute Gasteiger partial charge is 0.341 e. The number of likely N-dealkylation sites (tertiary alicyclic amines) is 2. The fourth-order valence-electron chi connectivity index (χ4n) is 4.00. The van der Waals surface area contributed by atoms with Crippen LogP contribution in [0.5, 0.6) is 0 Å². The van der Waals surface area contributed by atoms with Gasteiger partial charge in [0, 0.05) is 24.4 Å². The van der Waals surface area contributed by atoms with Crippen molar-refractivity contribution in [2.24, 2.45) is 11.3 Å². The fourth-order valence-corrected chi connectivity index (χ4v) is 4.00. The smallest absolute Gasteiger partial charge is 0.225 e. The summed E-state index contributed by atoms with van der Waals surface area (Å²) in [4.78, 5) is 16.7. The van der Waals surface area contributed by atoms with Crippen LogP contribution in [0.3, 0.4) is 0 Å². The third-order valence-corrected chi connectivity index (χ3v) is 5.56. The van der Waals surface area contributed by atoms with E-state index in [1.165, 1.54) is 50.9 Å². The first kappa shape index (κ1) is 16.5. The maximum atomic E-state index is 12.0. The Morgan fingerprint density at radius 1 is 1.13 bits per heavy atom. The van der Waals surface area contributed by atoms with Crippen LogP contribution < -0.4 is 0 Å². The minimum absolute atomic E-state index is 0.144. The number of hydrogen-bond acceptors (Lipinski definition) is 2. The van der Waals surface area contributed by atoms with Crippen molar-refractivity contribution >= 4 is 5.91 Å². The molecule has 2 aliphatic rings. The van der Waals surface area contributed by atoms with Crippen molar-refractivity contribution < 1.29 is 4.79 Å². The van der Waals surface area contributed by atoms with Gasteiger partial charge in [-0.3, -0.25) is 4.79 Å². The van der Waals surface area contributed by atoms with Crippen LogP contribution in [0.15, 0.2) is 30.3 Å². The van der Waals surface area contributed by atoms with Crippen LogP contribution in [0.1, 0.15) is 38.7 Å². The molecule has 1 aromatic carbocycles. The van der Waals surface area contributed by atoms with Crippen molar-refractivity contribution in [2.75, 3.05) is 32.7 Å². The molecular formula is C20H30N2O. The Labute approximate surface area is 140 Å². The monoisotopic (exact) mass is 314 g/mol. The molecule has 2 heterocycles. The lowest BCUT2D eigenvalue weighted by molar-refractivity contribution is -0.150. The fraction of sp³-hybridized carbons (Fsp3) is 0.650. The maximum Gasteiger partial charge on any atom is 0.225 e. The molecule has 0 bridgehead atoms. The summed E-state index contributed by atoms with van der Waals surface area (Å²) < 4.78 is 0. The highest BCUT2D eigenvalue weighted by molar-refractivity contribution is 5.79. The number of piperidine rings is 1. The zero-order valence-corrected chi connectivity index (χ0v) is 14.6. The Balaban J connectivity index is 1.36. The molecule has 2 aliphatic heterocycles. The molecule has 0 aromatic heterocycles. The summed E-state index contributed by atoms with van der Waals surface area (Å²) in [5, 5.41) is 0. The number of nitrogens with zero attached hydrogens (tertiary/aromatic N) is 2. The summed E-state index contributed by atoms with van der Waals surface area (Å²) in [6, 6.07) is 10.8. The predicted molar refractivity (Wildman–Crippen MR) is 94.3 cm³/mol. The minimum Gasteiger partial charge on any atom is -0.341 e. The van der Waals surface area contributed by atoms with Crippen LogP contribution >= 0.6 is 0 Å². The molecule has 0 N–H and O–H groups in total. The van der Waals surface area contributed by atoms with E-state index < -0.39 is 0 Å². The van der Waals surface area contributed by atoms with Gasteiger partial charge in [-0.15, -0.1) is 0 Å². The van der Waals surface area contributed by atoms with Gasteiger partial charge in [0.2, 0.25) is 5.91 Å². The molecule has 3 heteroatoms. The number of aryl methyl sites for hydroxylation is 1. The highest BCUT2D eigenvalue weighted by Crippen LogP contribution is 2.40. The van der Waals surface area contributed by atoms with Gasteiger partial charge in [0.05, 0.1) is 0 Å². The molecule has 23 heavy (non-hydrogen) atoms. The molecule has 2 saturated heterocycles. The molecule has 0 atom stereocenters. The molecule has 126 valence electrons. The maximum absolute atomic E-state index is 12.0. The average Bonchev–Trinajstić information content (AvgIpc) is 2.54. The van der Waals surface area contributed by atoms with Crippen molar-refractivity contribution in [1.82, 2.24) is 9.80 Å². The van der Waals surface area contributed by atoms with Crippen LogP contribution in [0.2, 0.25) is 0 Å². The Hall–Kier alpha value is -1.35. The van der Waals surface area contributed by atoms with E-state index >= 15 is 0 Å². The van der Waals surface area contributed by atoms with Gasteiger partial charge in [0.1, 0.15) is 0 Å². The number of amides is 1. The summed E-state index contributed by atoms with van der Waals surface area (Å²) in [5.74, 6) is 0.478. The van der Waals surface area contributed by atoms with Gasteiger partial charge in [0.25, 0.3) is 0 Å². The molecule has 3 nitrogen and oxygen atoms in total. The Bertz CT molecular complexity index is 510. The third-order valence-electron chi connectivity index (χ3n) is 5.56. The first-order valence-electron chi connectivity index (χ1n) is 9.13. The molecule has 0 unspecified atom stereocenters. The second-order valence-corrected chi connectivity index (χ2v) is 7.78. The van der Waals surface area contributed by atoms with Crippen LogP contribution in [-0.4, -0.2) is 48.4 Å². The Morgan fingerprint density at radius 2 is 1.78 bits per heavy atom. The van der Waals surface area contributed by atoms with E-state index in [9.17, 15) is 4.79 Å². The van der Waals surface area contributed by atoms with Gasteiger partial charge in [0.15, 0.2) is 0 Å². The van der Waals surface area contributed by atoms with Crippen LogP contribution in [0.25, 0.3) is 0 Å². The molecule has 1 aromatic rings. The predicted octanol–water partition coefficient (Wildman–Crippen LogP) is 3.20. The Morgan fingerprint density at radius 3 is 2.39 bits per heavy atom. The van der Waals surface area contributed by atoms with E-state index in [0.29, 0.717) is 11.3 Å². The highest BCUT2D eigenvalue weighted by atomic mass is 16.2. The zero-order chi connectivity index (χ0) is 16.3. The summed E-state index contributed by atoms with van der Waals surface area (Å²) in [6.45, 7) is 9.63. The van der Waals surface area contributed by atoms with Crippen molar-refractivity contribution in [1.29, 1.82) is 0 Å². The topological polar surface area (TPSA) is 23.6 Å². The molecule has 1 amide bonds. The number of hydrogen-bond donors (Lipinski definition) is 0. The summed E-state index contributed by atoms with van der Waals surface area (Å²) in [7, 11) is 0. The molecule has 0 radical (unpaired) electrons. The highest BCUT2D eigenvalue weighted by Gasteiger charge is 2.46. The normalized spacial score (nSPS) is 20.7. The van der Waals surface area contributed by atoms with Gasteiger partial charge in [-0.25, -0.2) is 0 Å². The standard InChI is InChI=1S/C20H30N2O/c1-17(2)19(23)22-15-20(16-22)10-13-21(14-11-20)12-6-9-18-7-4-3-5-8-18/h3-5,7-8,17H,6,9-16H2,1-2H3. The molecule has 0 aliphatic carbocycles. The molecular weight excluding hydrogens is 284 g/mol. The van der Waals surface area contributed by atoms with E-state index in [4.69, 9.17) is 0 Å². The van der Waals surface area contributed by atoms with E-state index in [2.05, 4.69) is 40.1 Å².